The molecule has 0 spiro atoms. The number of rotatable bonds is 8. The number of hydrogen-bond acceptors (Lipinski definition) is 4. The molecule has 4 aromatic rings. The van der Waals surface area contributed by atoms with E-state index in [1.165, 1.54) is 23.8 Å². The van der Waals surface area contributed by atoms with Gasteiger partial charge in [0.25, 0.3) is 6.43 Å². The lowest BCUT2D eigenvalue weighted by molar-refractivity contribution is 0.145. The SMILES string of the molecule is Fc1ccc(-c2ccc(CN3CCC(c4nc(C(F)F)ccc4NCc4ccnc(Cl)c4)CC3)cc2)cc1. The van der Waals surface area contributed by atoms with Crippen molar-refractivity contribution < 1.29 is 13.2 Å². The third-order valence-electron chi connectivity index (χ3n) is 6.96. The summed E-state index contributed by atoms with van der Waals surface area (Å²) in [6.45, 7) is 3.02. The Morgan fingerprint density at radius 1 is 0.895 bits per heavy atom. The van der Waals surface area contributed by atoms with Crippen LogP contribution in [-0.2, 0) is 13.1 Å². The number of pyridine rings is 2. The normalized spacial score (nSPS) is 14.7. The van der Waals surface area contributed by atoms with E-state index in [-0.39, 0.29) is 17.4 Å². The van der Waals surface area contributed by atoms with Gasteiger partial charge in [-0.15, -0.1) is 0 Å². The van der Waals surface area contributed by atoms with Gasteiger partial charge in [0.15, 0.2) is 0 Å². The zero-order valence-electron chi connectivity index (χ0n) is 20.8. The van der Waals surface area contributed by atoms with Gasteiger partial charge in [-0.1, -0.05) is 48.0 Å². The first-order chi connectivity index (χ1) is 18.4. The Balaban J connectivity index is 1.22. The first-order valence-electron chi connectivity index (χ1n) is 12.6. The Hall–Kier alpha value is -3.42. The molecule has 1 saturated heterocycles. The van der Waals surface area contributed by atoms with Crippen LogP contribution in [0.25, 0.3) is 11.1 Å². The van der Waals surface area contributed by atoms with Gasteiger partial charge in [0, 0.05) is 25.2 Å². The maximum atomic E-state index is 13.5. The highest BCUT2D eigenvalue weighted by Crippen LogP contribution is 2.34. The van der Waals surface area contributed by atoms with E-state index in [1.54, 1.807) is 30.5 Å². The van der Waals surface area contributed by atoms with E-state index in [0.717, 1.165) is 54.9 Å². The molecule has 1 aliphatic rings. The highest BCUT2D eigenvalue weighted by Gasteiger charge is 2.25. The molecule has 1 N–H and O–H groups in total. The van der Waals surface area contributed by atoms with Crippen molar-refractivity contribution in [1.82, 2.24) is 14.9 Å². The minimum Gasteiger partial charge on any atom is -0.379 e. The van der Waals surface area contributed by atoms with Crippen LogP contribution in [0.5, 0.6) is 0 Å². The van der Waals surface area contributed by atoms with Crippen LogP contribution >= 0.6 is 11.6 Å². The van der Waals surface area contributed by atoms with Gasteiger partial charge in [-0.25, -0.2) is 23.1 Å². The van der Waals surface area contributed by atoms with Gasteiger partial charge in [-0.3, -0.25) is 4.90 Å². The molecule has 5 rings (SSSR count). The molecule has 0 radical (unpaired) electrons. The maximum absolute atomic E-state index is 13.5. The van der Waals surface area contributed by atoms with Crippen molar-refractivity contribution in [3.8, 4) is 11.1 Å². The molecule has 4 nitrogen and oxygen atoms in total. The van der Waals surface area contributed by atoms with Crippen LogP contribution in [0.4, 0.5) is 18.9 Å². The first kappa shape index (κ1) is 26.2. The van der Waals surface area contributed by atoms with E-state index in [0.29, 0.717) is 17.4 Å². The maximum Gasteiger partial charge on any atom is 0.280 e. The van der Waals surface area contributed by atoms with Crippen molar-refractivity contribution in [2.45, 2.75) is 38.3 Å². The number of piperidine rings is 1. The molecule has 0 unspecified atom stereocenters. The summed E-state index contributed by atoms with van der Waals surface area (Å²) in [7, 11) is 0. The second-order valence-corrected chi connectivity index (χ2v) is 9.95. The smallest absolute Gasteiger partial charge is 0.280 e. The van der Waals surface area contributed by atoms with Crippen LogP contribution in [0, 0.1) is 5.82 Å². The average Bonchev–Trinajstić information content (AvgIpc) is 2.93. The number of alkyl halides is 2. The quantitative estimate of drug-likeness (QED) is 0.233. The highest BCUT2D eigenvalue weighted by atomic mass is 35.5. The molecular formula is C30H28ClF3N4. The predicted octanol–water partition coefficient (Wildman–Crippen LogP) is 7.87. The van der Waals surface area contributed by atoms with Crippen LogP contribution in [0.1, 0.15) is 47.7 Å². The molecule has 38 heavy (non-hydrogen) atoms. The van der Waals surface area contributed by atoms with Crippen molar-refractivity contribution >= 4 is 17.3 Å². The largest absolute Gasteiger partial charge is 0.379 e. The van der Waals surface area contributed by atoms with Gasteiger partial charge in [0.2, 0.25) is 0 Å². The van der Waals surface area contributed by atoms with Crippen molar-refractivity contribution in [2.24, 2.45) is 0 Å². The molecule has 0 atom stereocenters. The third-order valence-corrected chi connectivity index (χ3v) is 7.16. The number of anilines is 1. The van der Waals surface area contributed by atoms with Crippen LogP contribution in [0.3, 0.4) is 0 Å². The van der Waals surface area contributed by atoms with E-state index in [2.05, 4.69) is 44.5 Å². The molecule has 3 heterocycles. The number of hydrogen-bond donors (Lipinski definition) is 1. The highest BCUT2D eigenvalue weighted by molar-refractivity contribution is 6.29. The van der Waals surface area contributed by atoms with E-state index in [9.17, 15) is 13.2 Å². The van der Waals surface area contributed by atoms with Crippen molar-refractivity contribution in [2.75, 3.05) is 18.4 Å². The lowest BCUT2D eigenvalue weighted by Gasteiger charge is -2.32. The van der Waals surface area contributed by atoms with Gasteiger partial charge in [0.05, 0.1) is 11.4 Å². The Bertz CT molecular complexity index is 1360. The second kappa shape index (κ2) is 12.0. The fraction of sp³-hybridized carbons (Fsp3) is 0.267. The zero-order chi connectivity index (χ0) is 26.5. The minimum absolute atomic E-state index is 0.0920. The Morgan fingerprint density at radius 3 is 2.24 bits per heavy atom. The monoisotopic (exact) mass is 536 g/mol. The van der Waals surface area contributed by atoms with Gasteiger partial charge in [-0.05, 0) is 84.6 Å². The summed E-state index contributed by atoms with van der Waals surface area (Å²) in [6.07, 6.45) is 0.705. The summed E-state index contributed by atoms with van der Waals surface area (Å²) in [5.41, 5.74) is 5.46. The van der Waals surface area contributed by atoms with E-state index >= 15 is 0 Å². The summed E-state index contributed by atoms with van der Waals surface area (Å²) < 4.78 is 40.2. The number of nitrogens with one attached hydrogen (secondary N) is 1. The number of nitrogens with zero attached hydrogens (tertiary/aromatic N) is 3. The van der Waals surface area contributed by atoms with Gasteiger partial charge < -0.3 is 5.32 Å². The van der Waals surface area contributed by atoms with Gasteiger partial charge in [-0.2, -0.15) is 0 Å². The number of likely N-dealkylation sites (tertiary alicyclic amines) is 1. The zero-order valence-corrected chi connectivity index (χ0v) is 21.5. The summed E-state index contributed by atoms with van der Waals surface area (Å²) in [6, 6.07) is 21.6. The average molecular weight is 537 g/mol. The summed E-state index contributed by atoms with van der Waals surface area (Å²) in [4.78, 5) is 10.8. The standard InChI is InChI=1S/C30H28ClF3N4/c31-28-17-21(11-14-35-28)18-36-26-9-10-27(30(33)34)37-29(26)24-12-15-38(16-13-24)19-20-1-3-22(4-2-20)23-5-7-25(32)8-6-23/h1-11,14,17,24,30,36H,12-13,15-16,18-19H2. The van der Waals surface area contributed by atoms with Crippen molar-refractivity contribution in [1.29, 1.82) is 0 Å². The molecule has 2 aromatic heterocycles. The molecule has 0 saturated carbocycles. The third kappa shape index (κ3) is 6.52. The van der Waals surface area contributed by atoms with Gasteiger partial charge in [0.1, 0.15) is 16.7 Å². The van der Waals surface area contributed by atoms with E-state index in [4.69, 9.17) is 11.6 Å². The number of benzene rings is 2. The lowest BCUT2D eigenvalue weighted by atomic mass is 9.91. The fourth-order valence-corrected chi connectivity index (χ4v) is 5.09. The lowest BCUT2D eigenvalue weighted by Crippen LogP contribution is -2.33. The molecule has 2 aromatic carbocycles. The van der Waals surface area contributed by atoms with Crippen LogP contribution < -0.4 is 5.32 Å². The van der Waals surface area contributed by atoms with Gasteiger partial charge >= 0.3 is 0 Å². The molecule has 0 bridgehead atoms. The van der Waals surface area contributed by atoms with Crippen molar-refractivity contribution in [3.63, 3.8) is 0 Å². The molecule has 8 heteroatoms. The molecule has 1 aliphatic heterocycles. The van der Waals surface area contributed by atoms with E-state index in [1.807, 2.05) is 6.07 Å². The van der Waals surface area contributed by atoms with Crippen LogP contribution in [0.15, 0.2) is 79.0 Å². The minimum atomic E-state index is -2.61. The molecule has 0 aliphatic carbocycles. The Labute approximate surface area is 225 Å². The van der Waals surface area contributed by atoms with E-state index < -0.39 is 6.43 Å². The number of halogens is 4. The van der Waals surface area contributed by atoms with Crippen LogP contribution in [-0.4, -0.2) is 28.0 Å². The summed E-state index contributed by atoms with van der Waals surface area (Å²) in [5, 5.41) is 3.78. The second-order valence-electron chi connectivity index (χ2n) is 9.56. The fourth-order valence-electron chi connectivity index (χ4n) is 4.89. The summed E-state index contributed by atoms with van der Waals surface area (Å²) >= 11 is 6.00. The van der Waals surface area contributed by atoms with Crippen LogP contribution in [0.2, 0.25) is 5.15 Å². The summed E-state index contributed by atoms with van der Waals surface area (Å²) in [5.74, 6) is -0.152. The molecular weight excluding hydrogens is 509 g/mol. The molecule has 196 valence electrons. The van der Waals surface area contributed by atoms with Crippen molar-refractivity contribution in [3.05, 3.63) is 112 Å². The molecule has 1 fully saturated rings. The first-order valence-corrected chi connectivity index (χ1v) is 13.0. The number of aromatic nitrogens is 2. The predicted molar refractivity (Wildman–Crippen MR) is 145 cm³/mol. The Kier molecular flexibility index (Phi) is 8.25. The molecule has 0 amide bonds. The Morgan fingerprint density at radius 2 is 1.58 bits per heavy atom. The topological polar surface area (TPSA) is 41.1 Å².